The average Bonchev–Trinajstić information content (AvgIpc) is 3.11. The van der Waals surface area contributed by atoms with E-state index in [0.717, 1.165) is 11.8 Å². The quantitative estimate of drug-likeness (QED) is 0.603. The second-order valence-electron chi connectivity index (χ2n) is 9.78. The zero-order valence-electron chi connectivity index (χ0n) is 19.6. The number of ether oxygens (including phenoxy) is 1. The Labute approximate surface area is 198 Å². The largest absolute Gasteiger partial charge is 0.388 e. The summed E-state index contributed by atoms with van der Waals surface area (Å²) in [6, 6.07) is 2.88. The van der Waals surface area contributed by atoms with Gasteiger partial charge < -0.3 is 15.2 Å². The lowest BCUT2D eigenvalue weighted by molar-refractivity contribution is 0.00925. The maximum absolute atomic E-state index is 12.8. The maximum Gasteiger partial charge on any atom is 0.282 e. The van der Waals surface area contributed by atoms with Crippen LogP contribution < -0.4 is 10.9 Å². The molecule has 2 aliphatic heterocycles. The van der Waals surface area contributed by atoms with Crippen molar-refractivity contribution < 1.29 is 18.3 Å². The Balaban J connectivity index is 1.30. The fourth-order valence-electron chi connectivity index (χ4n) is 5.26. The minimum absolute atomic E-state index is 0.0190. The van der Waals surface area contributed by atoms with Crippen molar-refractivity contribution in [3.05, 3.63) is 28.7 Å². The molecular formula is C22H32N6O5S. The Hall–Kier alpha value is -2.12. The molecule has 11 nitrogen and oxygen atoms in total. The van der Waals surface area contributed by atoms with Gasteiger partial charge in [-0.05, 0) is 45.1 Å². The number of anilines is 1. The smallest absolute Gasteiger partial charge is 0.282 e. The van der Waals surface area contributed by atoms with Crippen LogP contribution >= 0.6 is 0 Å². The number of piperidine rings is 1. The predicted octanol–water partition coefficient (Wildman–Crippen LogP) is 0.719. The van der Waals surface area contributed by atoms with Gasteiger partial charge in [0.15, 0.2) is 0 Å². The number of aromatic nitrogens is 3. The van der Waals surface area contributed by atoms with Crippen LogP contribution in [-0.4, -0.2) is 87.7 Å². The molecule has 3 aliphatic rings. The van der Waals surface area contributed by atoms with E-state index < -0.39 is 15.8 Å². The second-order valence-corrected chi connectivity index (χ2v) is 11.7. The lowest BCUT2D eigenvalue weighted by atomic mass is 10.00. The number of hydrogen-bond donors (Lipinski definition) is 2. The first kappa shape index (κ1) is 23.6. The first-order valence-electron chi connectivity index (χ1n) is 11.8. The first-order chi connectivity index (χ1) is 16.2. The zero-order valence-corrected chi connectivity index (χ0v) is 20.4. The van der Waals surface area contributed by atoms with E-state index in [1.807, 2.05) is 0 Å². The lowest BCUT2D eigenvalue weighted by Gasteiger charge is -2.41. The summed E-state index contributed by atoms with van der Waals surface area (Å²) in [6.45, 7) is 3.40. The highest BCUT2D eigenvalue weighted by Gasteiger charge is 2.41. The molecule has 0 spiro atoms. The molecule has 2 N–H and O–H groups in total. The van der Waals surface area contributed by atoms with Gasteiger partial charge in [-0.2, -0.15) is 22.0 Å². The summed E-state index contributed by atoms with van der Waals surface area (Å²) < 4.78 is 35.3. The van der Waals surface area contributed by atoms with E-state index in [0.29, 0.717) is 63.5 Å². The molecule has 12 heteroatoms. The molecule has 2 aromatic rings. The zero-order chi connectivity index (χ0) is 24.1. The van der Waals surface area contributed by atoms with Crippen molar-refractivity contribution in [2.75, 3.05) is 38.6 Å². The van der Waals surface area contributed by atoms with Crippen LogP contribution in [0.25, 0.3) is 11.0 Å². The fourth-order valence-corrected chi connectivity index (χ4v) is 6.97. The molecular weight excluding hydrogens is 460 g/mol. The Morgan fingerprint density at radius 2 is 1.91 bits per heavy atom. The highest BCUT2D eigenvalue weighted by molar-refractivity contribution is 7.86. The number of pyridine rings is 1. The molecule has 2 aromatic heterocycles. The van der Waals surface area contributed by atoms with Crippen molar-refractivity contribution in [3.63, 3.8) is 0 Å². The van der Waals surface area contributed by atoms with Gasteiger partial charge >= 0.3 is 0 Å². The summed E-state index contributed by atoms with van der Waals surface area (Å²) in [5.41, 5.74) is -0.651. The highest BCUT2D eigenvalue weighted by Crippen LogP contribution is 2.39. The summed E-state index contributed by atoms with van der Waals surface area (Å²) in [5, 5.41) is 14.9. The number of nitrogens with zero attached hydrogens (tertiary/aromatic N) is 5. The first-order valence-corrected chi connectivity index (χ1v) is 13.2. The third kappa shape index (κ3) is 4.22. The van der Waals surface area contributed by atoms with Gasteiger partial charge in [0, 0.05) is 57.0 Å². The van der Waals surface area contributed by atoms with Gasteiger partial charge in [0.05, 0.1) is 17.7 Å². The fraction of sp³-hybridized carbons (Fsp3) is 0.682. The Morgan fingerprint density at radius 1 is 1.18 bits per heavy atom. The second kappa shape index (κ2) is 8.83. The minimum Gasteiger partial charge on any atom is -0.388 e. The number of hydrogen-bond acceptors (Lipinski definition) is 8. The van der Waals surface area contributed by atoms with E-state index in [1.165, 1.54) is 14.7 Å². The highest BCUT2D eigenvalue weighted by atomic mass is 32.2. The van der Waals surface area contributed by atoms with Crippen molar-refractivity contribution in [2.24, 2.45) is 0 Å². The van der Waals surface area contributed by atoms with E-state index in [9.17, 15) is 18.3 Å². The minimum atomic E-state index is -3.46. The molecule has 2 saturated heterocycles. The lowest BCUT2D eigenvalue weighted by Crippen LogP contribution is -2.59. The van der Waals surface area contributed by atoms with E-state index in [4.69, 9.17) is 4.74 Å². The normalized spacial score (nSPS) is 27.8. The van der Waals surface area contributed by atoms with Crippen molar-refractivity contribution >= 4 is 27.2 Å². The van der Waals surface area contributed by atoms with Crippen molar-refractivity contribution in [3.8, 4) is 0 Å². The molecule has 0 aromatic carbocycles. The molecule has 0 bridgehead atoms. The van der Waals surface area contributed by atoms with Gasteiger partial charge in [0.2, 0.25) is 5.95 Å². The standard InChI is InChI=1S/C22H32N6O5S/c1-22(30)9-3-4-18(22)28-19(29)6-5-15-12-23-21(25-20(15)28)24-16-7-10-26(11-8-16)34(31,32)27-13-17(14-27)33-2/h5-6,12,16-18,30H,3-4,7-11,13-14H2,1-2H3,(H,23,24,25)/t18-,22-/m1/s1. The summed E-state index contributed by atoms with van der Waals surface area (Å²) in [6.07, 6.45) is 5.11. The van der Waals surface area contributed by atoms with Crippen LogP contribution in [-0.2, 0) is 14.9 Å². The molecule has 1 aliphatic carbocycles. The van der Waals surface area contributed by atoms with Gasteiger partial charge in [0.25, 0.3) is 15.8 Å². The molecule has 2 atom stereocenters. The van der Waals surface area contributed by atoms with Crippen molar-refractivity contribution in [1.29, 1.82) is 0 Å². The number of fused-ring (bicyclic) bond motifs is 1. The summed E-state index contributed by atoms with van der Waals surface area (Å²) >= 11 is 0. The van der Waals surface area contributed by atoms with Gasteiger partial charge in [-0.25, -0.2) is 4.98 Å². The molecule has 0 radical (unpaired) electrons. The predicted molar refractivity (Wildman–Crippen MR) is 127 cm³/mol. The SMILES string of the molecule is COC1CN(S(=O)(=O)N2CCC(Nc3ncc4ccc(=O)n([C@@H]5CCC[C@@]5(C)O)c4n3)CC2)C1. The molecule has 34 heavy (non-hydrogen) atoms. The summed E-state index contributed by atoms with van der Waals surface area (Å²) in [5.74, 6) is 0.400. The molecule has 186 valence electrons. The number of nitrogens with one attached hydrogen (secondary N) is 1. The van der Waals surface area contributed by atoms with Crippen LogP contribution in [0.3, 0.4) is 0 Å². The van der Waals surface area contributed by atoms with Crippen LogP contribution in [0.1, 0.15) is 45.1 Å². The van der Waals surface area contributed by atoms with E-state index >= 15 is 0 Å². The van der Waals surface area contributed by atoms with Crippen molar-refractivity contribution in [1.82, 2.24) is 23.1 Å². The average molecular weight is 493 g/mol. The van der Waals surface area contributed by atoms with E-state index in [1.54, 1.807) is 30.9 Å². The molecule has 4 heterocycles. The number of rotatable bonds is 6. The van der Waals surface area contributed by atoms with Crippen LogP contribution in [0.4, 0.5) is 5.95 Å². The Morgan fingerprint density at radius 3 is 2.56 bits per heavy atom. The third-order valence-corrected chi connectivity index (χ3v) is 9.41. The molecule has 3 fully saturated rings. The van der Waals surface area contributed by atoms with E-state index in [2.05, 4.69) is 15.3 Å². The van der Waals surface area contributed by atoms with Gasteiger partial charge in [-0.3, -0.25) is 9.36 Å². The van der Waals surface area contributed by atoms with Gasteiger partial charge in [-0.15, -0.1) is 0 Å². The molecule has 0 amide bonds. The van der Waals surface area contributed by atoms with Crippen LogP contribution in [0, 0.1) is 0 Å². The Bertz CT molecular complexity index is 1220. The van der Waals surface area contributed by atoms with Crippen LogP contribution in [0.2, 0.25) is 0 Å². The molecule has 1 saturated carbocycles. The van der Waals surface area contributed by atoms with Gasteiger partial charge in [-0.1, -0.05) is 0 Å². The maximum atomic E-state index is 12.8. The van der Waals surface area contributed by atoms with Crippen LogP contribution in [0.5, 0.6) is 0 Å². The van der Waals surface area contributed by atoms with Crippen molar-refractivity contribution in [2.45, 2.75) is 62.8 Å². The van der Waals surface area contributed by atoms with Crippen LogP contribution in [0.15, 0.2) is 23.1 Å². The Kier molecular flexibility index (Phi) is 6.13. The third-order valence-electron chi connectivity index (χ3n) is 7.44. The number of aliphatic hydroxyl groups is 1. The molecule has 5 rings (SSSR count). The summed E-state index contributed by atoms with van der Waals surface area (Å²) in [7, 11) is -1.87. The van der Waals surface area contributed by atoms with Gasteiger partial charge in [0.1, 0.15) is 5.65 Å². The van der Waals surface area contributed by atoms with E-state index in [-0.39, 0.29) is 23.7 Å². The monoisotopic (exact) mass is 492 g/mol. The summed E-state index contributed by atoms with van der Waals surface area (Å²) in [4.78, 5) is 21.8. The molecule has 0 unspecified atom stereocenters. The number of methoxy groups -OCH3 is 1. The topological polar surface area (TPSA) is 130 Å².